The van der Waals surface area contributed by atoms with Crippen molar-refractivity contribution in [2.45, 2.75) is 25.4 Å². The van der Waals surface area contributed by atoms with E-state index in [9.17, 15) is 25.2 Å². The van der Waals surface area contributed by atoms with Crippen molar-refractivity contribution in [1.82, 2.24) is 0 Å². The number of rotatable bonds is 5. The molecule has 1 fully saturated rings. The molecule has 0 radical (unpaired) electrons. The van der Waals surface area contributed by atoms with Gasteiger partial charge in [0.15, 0.2) is 0 Å². The van der Waals surface area contributed by atoms with Crippen LogP contribution >= 0.6 is 0 Å². The van der Waals surface area contributed by atoms with Crippen LogP contribution in [0, 0.1) is 11.3 Å². The van der Waals surface area contributed by atoms with Crippen LogP contribution in [0.5, 0.6) is 5.75 Å². The molecular formula is C16H22O6. The number of phenolic OH excluding ortho intramolecular Hbond substituents is 1. The highest BCUT2D eigenvalue weighted by Crippen LogP contribution is 2.40. The first-order chi connectivity index (χ1) is 10.5. The van der Waals surface area contributed by atoms with E-state index in [4.69, 9.17) is 4.74 Å². The fraction of sp³-hybridized carbons (Fsp3) is 0.562. The van der Waals surface area contributed by atoms with Gasteiger partial charge < -0.3 is 25.2 Å². The number of carbonyl (C=O) groups is 1. The topological polar surface area (TPSA) is 107 Å². The third kappa shape index (κ3) is 3.58. The summed E-state index contributed by atoms with van der Waals surface area (Å²) in [6.45, 7) is -0.554. The van der Waals surface area contributed by atoms with E-state index in [0.717, 1.165) is 0 Å². The summed E-state index contributed by atoms with van der Waals surface area (Å²) in [5.74, 6) is -0.945. The van der Waals surface area contributed by atoms with Crippen molar-refractivity contribution >= 4 is 5.97 Å². The van der Waals surface area contributed by atoms with Crippen LogP contribution in [-0.2, 0) is 4.74 Å². The Bertz CT molecular complexity index is 511. The number of hydrogen-bond acceptors (Lipinski definition) is 6. The Morgan fingerprint density at radius 2 is 1.86 bits per heavy atom. The number of carbonyl (C=O) groups excluding carboxylic acids is 1. The standard InChI is InChI=1S/C16H22O6/c17-8-11-5-12(7-16(6-11,9-18)10-19)22-15(21)13-3-1-2-4-14(13)20/h1-4,11-12,17-20H,5-10H2. The molecule has 4 N–H and O–H groups in total. The molecule has 1 aliphatic carbocycles. The van der Waals surface area contributed by atoms with Gasteiger partial charge in [0.05, 0.1) is 13.2 Å². The summed E-state index contributed by atoms with van der Waals surface area (Å²) in [5.41, 5.74) is -0.679. The Morgan fingerprint density at radius 3 is 2.45 bits per heavy atom. The van der Waals surface area contributed by atoms with Crippen LogP contribution in [0.4, 0.5) is 0 Å². The molecule has 1 saturated carbocycles. The first-order valence-corrected chi connectivity index (χ1v) is 7.35. The summed E-state index contributed by atoms with van der Waals surface area (Å²) < 4.78 is 5.42. The van der Waals surface area contributed by atoms with Crippen LogP contribution in [0.3, 0.4) is 0 Å². The summed E-state index contributed by atoms with van der Waals surface area (Å²) in [6, 6.07) is 6.10. The molecule has 0 bridgehead atoms. The zero-order valence-corrected chi connectivity index (χ0v) is 12.3. The van der Waals surface area contributed by atoms with E-state index in [1.54, 1.807) is 12.1 Å². The fourth-order valence-corrected chi connectivity index (χ4v) is 3.12. The number of aliphatic hydroxyl groups excluding tert-OH is 3. The fourth-order valence-electron chi connectivity index (χ4n) is 3.12. The van der Waals surface area contributed by atoms with E-state index >= 15 is 0 Å². The lowest BCUT2D eigenvalue weighted by atomic mass is 9.69. The van der Waals surface area contributed by atoms with E-state index in [1.807, 2.05) is 0 Å². The predicted octanol–water partition coefficient (Wildman–Crippen LogP) is 0.681. The molecule has 0 saturated heterocycles. The number of para-hydroxylation sites is 1. The van der Waals surface area contributed by atoms with Gasteiger partial charge in [-0.1, -0.05) is 12.1 Å². The minimum atomic E-state index is -0.755. The molecule has 0 amide bonds. The van der Waals surface area contributed by atoms with Gasteiger partial charge >= 0.3 is 5.97 Å². The lowest BCUT2D eigenvalue weighted by Crippen LogP contribution is -2.43. The van der Waals surface area contributed by atoms with Crippen LogP contribution in [0.1, 0.15) is 29.6 Å². The van der Waals surface area contributed by atoms with Gasteiger partial charge in [-0.05, 0) is 37.3 Å². The first-order valence-electron chi connectivity index (χ1n) is 7.35. The largest absolute Gasteiger partial charge is 0.507 e. The first kappa shape index (κ1) is 16.7. The van der Waals surface area contributed by atoms with Gasteiger partial charge in [0.1, 0.15) is 17.4 Å². The summed E-state index contributed by atoms with van der Waals surface area (Å²) in [4.78, 5) is 12.1. The Morgan fingerprint density at radius 1 is 1.18 bits per heavy atom. The predicted molar refractivity (Wildman–Crippen MR) is 78.3 cm³/mol. The highest BCUT2D eigenvalue weighted by molar-refractivity contribution is 5.92. The van der Waals surface area contributed by atoms with Crippen molar-refractivity contribution in [3.05, 3.63) is 29.8 Å². The third-order valence-electron chi connectivity index (χ3n) is 4.31. The van der Waals surface area contributed by atoms with Crippen molar-refractivity contribution in [2.75, 3.05) is 19.8 Å². The maximum absolute atomic E-state index is 12.1. The van der Waals surface area contributed by atoms with Crippen LogP contribution in [-0.4, -0.2) is 52.3 Å². The van der Waals surface area contributed by atoms with E-state index < -0.39 is 17.5 Å². The van der Waals surface area contributed by atoms with Crippen LogP contribution in [0.2, 0.25) is 0 Å². The zero-order valence-electron chi connectivity index (χ0n) is 12.3. The van der Waals surface area contributed by atoms with Crippen molar-refractivity contribution in [3.8, 4) is 5.75 Å². The smallest absolute Gasteiger partial charge is 0.342 e. The van der Waals surface area contributed by atoms with E-state index in [2.05, 4.69) is 0 Å². The molecule has 0 aliphatic heterocycles. The molecule has 2 atom stereocenters. The second kappa shape index (κ2) is 7.09. The zero-order chi connectivity index (χ0) is 16.2. The molecule has 2 rings (SSSR count). The van der Waals surface area contributed by atoms with Gasteiger partial charge in [-0.3, -0.25) is 0 Å². The quantitative estimate of drug-likeness (QED) is 0.596. The molecule has 1 aliphatic rings. The van der Waals surface area contributed by atoms with Gasteiger partial charge in [0.25, 0.3) is 0 Å². The van der Waals surface area contributed by atoms with Crippen LogP contribution < -0.4 is 0 Å². The molecule has 0 aromatic heterocycles. The number of benzene rings is 1. The average Bonchev–Trinajstić information content (AvgIpc) is 2.54. The van der Waals surface area contributed by atoms with Crippen LogP contribution in [0.15, 0.2) is 24.3 Å². The van der Waals surface area contributed by atoms with Gasteiger partial charge in [-0.25, -0.2) is 4.79 Å². The minimum absolute atomic E-state index is 0.0761. The second-order valence-electron chi connectivity index (χ2n) is 6.05. The van der Waals surface area contributed by atoms with Crippen molar-refractivity contribution in [1.29, 1.82) is 0 Å². The molecule has 0 heterocycles. The highest BCUT2D eigenvalue weighted by atomic mass is 16.5. The van der Waals surface area contributed by atoms with Crippen LogP contribution in [0.25, 0.3) is 0 Å². The van der Waals surface area contributed by atoms with Crippen molar-refractivity contribution in [3.63, 3.8) is 0 Å². The van der Waals surface area contributed by atoms with E-state index in [-0.39, 0.29) is 37.1 Å². The Kier molecular flexibility index (Phi) is 5.39. The Hall–Kier alpha value is -1.63. The Balaban J connectivity index is 2.11. The van der Waals surface area contributed by atoms with Gasteiger partial charge in [-0.2, -0.15) is 0 Å². The molecule has 6 nitrogen and oxygen atoms in total. The highest BCUT2D eigenvalue weighted by Gasteiger charge is 2.41. The monoisotopic (exact) mass is 310 g/mol. The molecule has 0 spiro atoms. The van der Waals surface area contributed by atoms with Crippen molar-refractivity contribution in [2.24, 2.45) is 11.3 Å². The van der Waals surface area contributed by atoms with E-state index in [0.29, 0.717) is 19.3 Å². The number of esters is 1. The molecule has 122 valence electrons. The number of ether oxygens (including phenoxy) is 1. The minimum Gasteiger partial charge on any atom is -0.507 e. The Labute approximate surface area is 129 Å². The maximum Gasteiger partial charge on any atom is 0.342 e. The summed E-state index contributed by atoms with van der Waals surface area (Å²) in [6.07, 6.45) is 0.770. The number of hydrogen-bond donors (Lipinski definition) is 4. The number of aromatic hydroxyl groups is 1. The van der Waals surface area contributed by atoms with Gasteiger partial charge in [0, 0.05) is 12.0 Å². The normalized spacial score (nSPS) is 24.0. The summed E-state index contributed by atoms with van der Waals surface area (Å²) >= 11 is 0. The number of phenols is 1. The molecular weight excluding hydrogens is 288 g/mol. The lowest BCUT2D eigenvalue weighted by molar-refractivity contribution is -0.0658. The SMILES string of the molecule is O=C(OC1CC(CO)CC(CO)(CO)C1)c1ccccc1O. The maximum atomic E-state index is 12.1. The summed E-state index contributed by atoms with van der Waals surface area (Å²) in [5, 5.41) is 38.2. The summed E-state index contributed by atoms with van der Waals surface area (Å²) in [7, 11) is 0. The molecule has 1 aromatic rings. The molecule has 1 aromatic carbocycles. The molecule has 22 heavy (non-hydrogen) atoms. The molecule has 2 unspecified atom stereocenters. The van der Waals surface area contributed by atoms with Gasteiger partial charge in [0.2, 0.25) is 0 Å². The average molecular weight is 310 g/mol. The second-order valence-corrected chi connectivity index (χ2v) is 6.05. The lowest BCUT2D eigenvalue weighted by Gasteiger charge is -2.41. The third-order valence-corrected chi connectivity index (χ3v) is 4.31. The van der Waals surface area contributed by atoms with Gasteiger partial charge in [-0.15, -0.1) is 0 Å². The number of aliphatic hydroxyl groups is 3. The molecule has 6 heteroatoms. The van der Waals surface area contributed by atoms with Crippen molar-refractivity contribution < 1.29 is 30.0 Å². The van der Waals surface area contributed by atoms with E-state index in [1.165, 1.54) is 12.1 Å².